The highest BCUT2D eigenvalue weighted by molar-refractivity contribution is 7.92. The SMILES string of the molecule is CCN(c1ccccc1)S(=O)(=O)c1ccc(NC(=O)[C@@](C)(O)C(F)(F)F)c(C)c1. The number of alkyl halides is 3. The van der Waals surface area contributed by atoms with Crippen LogP contribution in [0.3, 0.4) is 0 Å². The maximum absolute atomic E-state index is 13.0. The van der Waals surface area contributed by atoms with E-state index >= 15 is 0 Å². The summed E-state index contributed by atoms with van der Waals surface area (Å²) in [6, 6.07) is 12.1. The largest absolute Gasteiger partial charge is 0.426 e. The number of sulfonamides is 1. The second kappa shape index (κ2) is 8.03. The van der Waals surface area contributed by atoms with Gasteiger partial charge in [-0.3, -0.25) is 9.10 Å². The van der Waals surface area contributed by atoms with E-state index in [0.29, 0.717) is 12.6 Å². The zero-order valence-electron chi connectivity index (χ0n) is 16.0. The molecule has 0 aliphatic rings. The minimum absolute atomic E-state index is 0.0405. The molecule has 0 radical (unpaired) electrons. The van der Waals surface area contributed by atoms with E-state index < -0.39 is 27.7 Å². The highest BCUT2D eigenvalue weighted by Gasteiger charge is 2.55. The van der Waals surface area contributed by atoms with E-state index in [4.69, 9.17) is 0 Å². The van der Waals surface area contributed by atoms with Gasteiger partial charge in [0, 0.05) is 12.2 Å². The predicted molar refractivity (Wildman–Crippen MR) is 103 cm³/mol. The number of halogens is 3. The second-order valence-electron chi connectivity index (χ2n) is 6.51. The van der Waals surface area contributed by atoms with Crippen LogP contribution in [0.15, 0.2) is 53.4 Å². The van der Waals surface area contributed by atoms with Gasteiger partial charge in [0.25, 0.3) is 15.9 Å². The van der Waals surface area contributed by atoms with E-state index in [9.17, 15) is 31.5 Å². The minimum atomic E-state index is -5.16. The third kappa shape index (κ3) is 4.54. The van der Waals surface area contributed by atoms with Gasteiger partial charge in [-0.25, -0.2) is 8.42 Å². The quantitative estimate of drug-likeness (QED) is 0.735. The molecule has 6 nitrogen and oxygen atoms in total. The Bertz CT molecular complexity index is 990. The van der Waals surface area contributed by atoms with E-state index in [1.54, 1.807) is 37.3 Å². The maximum atomic E-state index is 13.0. The van der Waals surface area contributed by atoms with Gasteiger partial charge in [-0.05, 0) is 56.7 Å². The van der Waals surface area contributed by atoms with Crippen LogP contribution in [-0.2, 0) is 14.8 Å². The van der Waals surface area contributed by atoms with Crippen molar-refractivity contribution in [3.63, 3.8) is 0 Å². The number of anilines is 2. The number of rotatable bonds is 6. The van der Waals surface area contributed by atoms with Crippen LogP contribution < -0.4 is 9.62 Å². The lowest BCUT2D eigenvalue weighted by Gasteiger charge is -2.26. The van der Waals surface area contributed by atoms with Gasteiger partial charge in [0.1, 0.15) is 0 Å². The Labute approximate surface area is 167 Å². The fourth-order valence-corrected chi connectivity index (χ4v) is 4.08. The van der Waals surface area contributed by atoms with Crippen LogP contribution in [-0.4, -0.2) is 37.8 Å². The molecule has 0 aliphatic heterocycles. The number of para-hydroxylation sites is 1. The molecule has 0 bridgehead atoms. The summed E-state index contributed by atoms with van der Waals surface area (Å²) >= 11 is 0. The van der Waals surface area contributed by atoms with Gasteiger partial charge in [-0.2, -0.15) is 13.2 Å². The minimum Gasteiger partial charge on any atom is -0.373 e. The third-order valence-corrected chi connectivity index (χ3v) is 6.26. The number of hydrogen-bond donors (Lipinski definition) is 2. The molecule has 2 N–H and O–H groups in total. The molecule has 158 valence electrons. The molecule has 0 saturated carbocycles. The Morgan fingerprint density at radius 1 is 1.14 bits per heavy atom. The molecule has 0 heterocycles. The number of carbonyl (C=O) groups is 1. The topological polar surface area (TPSA) is 86.7 Å². The molecule has 1 amide bonds. The molecule has 2 rings (SSSR count). The van der Waals surface area contributed by atoms with Gasteiger partial charge < -0.3 is 10.4 Å². The first-order valence-corrected chi connectivity index (χ1v) is 10.1. The van der Waals surface area contributed by atoms with Crippen molar-refractivity contribution in [2.45, 2.75) is 37.4 Å². The molecule has 0 aromatic heterocycles. The molecular weight excluding hydrogens is 409 g/mol. The Hall–Kier alpha value is -2.59. The Balaban J connectivity index is 2.35. The summed E-state index contributed by atoms with van der Waals surface area (Å²) in [6.45, 7) is 3.62. The molecule has 0 spiro atoms. The van der Waals surface area contributed by atoms with Crippen molar-refractivity contribution in [1.29, 1.82) is 0 Å². The smallest absolute Gasteiger partial charge is 0.373 e. The normalized spacial score (nSPS) is 14.2. The average molecular weight is 430 g/mol. The van der Waals surface area contributed by atoms with Crippen LogP contribution in [0, 0.1) is 6.92 Å². The molecule has 0 aliphatic carbocycles. The van der Waals surface area contributed by atoms with Crippen molar-refractivity contribution in [3.05, 3.63) is 54.1 Å². The van der Waals surface area contributed by atoms with Crippen LogP contribution in [0.5, 0.6) is 0 Å². The summed E-state index contributed by atoms with van der Waals surface area (Å²) in [5.41, 5.74) is -2.94. The number of nitrogens with one attached hydrogen (secondary N) is 1. The van der Waals surface area contributed by atoms with Crippen LogP contribution in [0.25, 0.3) is 0 Å². The first-order valence-electron chi connectivity index (χ1n) is 8.61. The van der Waals surface area contributed by atoms with Gasteiger partial charge >= 0.3 is 6.18 Å². The van der Waals surface area contributed by atoms with E-state index in [0.717, 1.165) is 0 Å². The summed E-state index contributed by atoms with van der Waals surface area (Å²) in [6.07, 6.45) is -5.16. The fourth-order valence-electron chi connectivity index (χ4n) is 2.52. The highest BCUT2D eigenvalue weighted by atomic mass is 32.2. The molecule has 1 atom stereocenters. The zero-order chi connectivity index (χ0) is 22.0. The van der Waals surface area contributed by atoms with Crippen molar-refractivity contribution >= 4 is 27.3 Å². The van der Waals surface area contributed by atoms with Crippen LogP contribution >= 0.6 is 0 Å². The number of hydrogen-bond acceptors (Lipinski definition) is 4. The van der Waals surface area contributed by atoms with E-state index in [-0.39, 0.29) is 22.7 Å². The number of nitrogens with zero attached hydrogens (tertiary/aromatic N) is 1. The van der Waals surface area contributed by atoms with Crippen molar-refractivity contribution in [3.8, 4) is 0 Å². The lowest BCUT2D eigenvalue weighted by Crippen LogP contribution is -2.52. The van der Waals surface area contributed by atoms with Crippen LogP contribution in [0.4, 0.5) is 24.5 Å². The summed E-state index contributed by atoms with van der Waals surface area (Å²) < 4.78 is 65.6. The number of aryl methyl sites for hydroxylation is 1. The van der Waals surface area contributed by atoms with E-state index in [1.807, 2.05) is 5.32 Å². The van der Waals surface area contributed by atoms with Crippen molar-refractivity contribution in [2.24, 2.45) is 0 Å². The Morgan fingerprint density at radius 2 is 1.72 bits per heavy atom. The Morgan fingerprint density at radius 3 is 2.21 bits per heavy atom. The summed E-state index contributed by atoms with van der Waals surface area (Å²) in [5.74, 6) is -1.66. The summed E-state index contributed by atoms with van der Waals surface area (Å²) in [5, 5.41) is 11.4. The number of carbonyl (C=O) groups excluding carboxylic acids is 1. The van der Waals surface area contributed by atoms with Gasteiger partial charge in [0.15, 0.2) is 0 Å². The maximum Gasteiger partial charge on any atom is 0.426 e. The summed E-state index contributed by atoms with van der Waals surface area (Å²) in [7, 11) is -3.93. The van der Waals surface area contributed by atoms with E-state index in [1.165, 1.54) is 29.4 Å². The highest BCUT2D eigenvalue weighted by Crippen LogP contribution is 2.32. The third-order valence-electron chi connectivity index (χ3n) is 4.36. The van der Waals surface area contributed by atoms with Crippen molar-refractivity contribution in [2.75, 3.05) is 16.2 Å². The lowest BCUT2D eigenvalue weighted by molar-refractivity contribution is -0.242. The monoisotopic (exact) mass is 430 g/mol. The predicted octanol–water partition coefficient (Wildman–Crippen LogP) is 3.46. The zero-order valence-corrected chi connectivity index (χ0v) is 16.8. The lowest BCUT2D eigenvalue weighted by atomic mass is 10.1. The van der Waals surface area contributed by atoms with Gasteiger partial charge in [-0.15, -0.1) is 0 Å². The number of aliphatic hydroxyl groups is 1. The molecule has 0 unspecified atom stereocenters. The molecule has 10 heteroatoms. The molecule has 0 fully saturated rings. The molecule has 0 saturated heterocycles. The Kier molecular flexibility index (Phi) is 6.29. The average Bonchev–Trinajstić information content (AvgIpc) is 2.63. The fraction of sp³-hybridized carbons (Fsp3) is 0.316. The van der Waals surface area contributed by atoms with Gasteiger partial charge in [0.05, 0.1) is 10.6 Å². The van der Waals surface area contributed by atoms with Crippen molar-refractivity contribution in [1.82, 2.24) is 0 Å². The number of benzene rings is 2. The molecule has 2 aromatic carbocycles. The van der Waals surface area contributed by atoms with Gasteiger partial charge in [0.2, 0.25) is 5.60 Å². The van der Waals surface area contributed by atoms with Gasteiger partial charge in [-0.1, -0.05) is 18.2 Å². The van der Waals surface area contributed by atoms with Crippen molar-refractivity contribution < 1.29 is 31.5 Å². The van der Waals surface area contributed by atoms with Crippen LogP contribution in [0.2, 0.25) is 0 Å². The first kappa shape index (κ1) is 22.7. The summed E-state index contributed by atoms with van der Waals surface area (Å²) in [4.78, 5) is 11.8. The van der Waals surface area contributed by atoms with E-state index in [2.05, 4.69) is 0 Å². The molecule has 2 aromatic rings. The first-order chi connectivity index (χ1) is 13.3. The second-order valence-corrected chi connectivity index (χ2v) is 8.37. The number of amides is 1. The van der Waals surface area contributed by atoms with Crippen LogP contribution in [0.1, 0.15) is 19.4 Å². The molecule has 29 heavy (non-hydrogen) atoms. The standard InChI is InChI=1S/C19H21F3N2O4S/c1-4-24(14-8-6-5-7-9-14)29(27,28)15-10-11-16(13(2)12-15)23-17(25)18(3,26)19(20,21)22/h5-12,26H,4H2,1-3H3,(H,23,25)/t18-/m1/s1. The molecular formula is C19H21F3N2O4S.